The Morgan fingerprint density at radius 2 is 2.10 bits per heavy atom. The van der Waals surface area contributed by atoms with Crippen LogP contribution in [0.1, 0.15) is 17.0 Å². The van der Waals surface area contributed by atoms with Crippen molar-refractivity contribution >= 4 is 0 Å². The summed E-state index contributed by atoms with van der Waals surface area (Å²) in [6.07, 6.45) is 2.60. The molecule has 0 fully saturated rings. The van der Waals surface area contributed by atoms with Gasteiger partial charge in [-0.05, 0) is 25.5 Å². The van der Waals surface area contributed by atoms with Crippen LogP contribution in [0.3, 0.4) is 0 Å². The van der Waals surface area contributed by atoms with E-state index < -0.39 is 0 Å². The number of ether oxygens (including phenoxy) is 1. The number of aryl methyl sites for hydroxylation is 2. The molecule has 108 valence electrons. The second kappa shape index (κ2) is 7.22. The number of nitrogens with one attached hydrogen (secondary N) is 1. The maximum absolute atomic E-state index is 5.83. The van der Waals surface area contributed by atoms with Crippen molar-refractivity contribution < 1.29 is 9.15 Å². The quantitative estimate of drug-likeness (QED) is 0.789. The van der Waals surface area contributed by atoms with Gasteiger partial charge in [-0.1, -0.05) is 17.7 Å². The molecule has 0 atom stereocenters. The molecule has 0 aliphatic carbocycles. The van der Waals surface area contributed by atoms with E-state index in [1.807, 2.05) is 6.20 Å². The maximum Gasteiger partial charge on any atom is 0.196 e. The third kappa shape index (κ3) is 3.92. The van der Waals surface area contributed by atoms with Crippen molar-refractivity contribution in [3.63, 3.8) is 0 Å². The molecule has 0 amide bonds. The van der Waals surface area contributed by atoms with Gasteiger partial charge in [0.25, 0.3) is 0 Å². The van der Waals surface area contributed by atoms with E-state index in [4.69, 9.17) is 9.15 Å². The highest BCUT2D eigenvalue weighted by Crippen LogP contribution is 2.25. The smallest absolute Gasteiger partial charge is 0.196 e. The molecule has 1 aromatic heterocycles. The first-order chi connectivity index (χ1) is 9.70. The summed E-state index contributed by atoms with van der Waals surface area (Å²) >= 11 is 0. The predicted octanol–water partition coefficient (Wildman–Crippen LogP) is 2.74. The van der Waals surface area contributed by atoms with Crippen molar-refractivity contribution in [1.82, 2.24) is 10.3 Å². The first-order valence-corrected chi connectivity index (χ1v) is 6.92. The molecule has 0 saturated heterocycles. The van der Waals surface area contributed by atoms with Gasteiger partial charge in [0, 0.05) is 32.2 Å². The molecule has 0 bridgehead atoms. The Morgan fingerprint density at radius 3 is 2.90 bits per heavy atom. The third-order valence-corrected chi connectivity index (χ3v) is 3.21. The molecular weight excluding hydrogens is 252 g/mol. The number of rotatable bonds is 7. The Balaban J connectivity index is 1.96. The number of methoxy groups -OCH3 is 1. The molecule has 2 aromatic rings. The van der Waals surface area contributed by atoms with Crippen LogP contribution < -0.4 is 5.32 Å². The normalized spacial score (nSPS) is 10.9. The Hall–Kier alpha value is -1.65. The molecule has 0 saturated carbocycles. The summed E-state index contributed by atoms with van der Waals surface area (Å²) in [6, 6.07) is 6.35. The highest BCUT2D eigenvalue weighted by atomic mass is 16.5. The fourth-order valence-electron chi connectivity index (χ4n) is 2.05. The van der Waals surface area contributed by atoms with Crippen LogP contribution in [0, 0.1) is 13.8 Å². The molecule has 0 unspecified atom stereocenters. The van der Waals surface area contributed by atoms with E-state index in [0.717, 1.165) is 43.3 Å². The van der Waals surface area contributed by atoms with Gasteiger partial charge < -0.3 is 14.5 Å². The number of hydrogen-bond donors (Lipinski definition) is 1. The monoisotopic (exact) mass is 274 g/mol. The van der Waals surface area contributed by atoms with Crippen molar-refractivity contribution in [2.45, 2.75) is 20.3 Å². The zero-order chi connectivity index (χ0) is 14.4. The van der Waals surface area contributed by atoms with E-state index in [1.165, 1.54) is 11.1 Å². The fourth-order valence-corrected chi connectivity index (χ4v) is 2.05. The van der Waals surface area contributed by atoms with Crippen molar-refractivity contribution in [2.24, 2.45) is 0 Å². The van der Waals surface area contributed by atoms with Gasteiger partial charge in [0.2, 0.25) is 0 Å². The van der Waals surface area contributed by atoms with E-state index >= 15 is 0 Å². The summed E-state index contributed by atoms with van der Waals surface area (Å²) in [5.74, 6) is 1.61. The second-order valence-electron chi connectivity index (χ2n) is 4.93. The summed E-state index contributed by atoms with van der Waals surface area (Å²) in [5, 5.41) is 3.28. The van der Waals surface area contributed by atoms with E-state index in [9.17, 15) is 0 Å². The second-order valence-corrected chi connectivity index (χ2v) is 4.93. The first kappa shape index (κ1) is 14.8. The number of hydrogen-bond acceptors (Lipinski definition) is 4. The van der Waals surface area contributed by atoms with E-state index in [1.54, 1.807) is 7.11 Å². The van der Waals surface area contributed by atoms with Gasteiger partial charge in [-0.25, -0.2) is 4.98 Å². The molecule has 1 heterocycles. The van der Waals surface area contributed by atoms with Crippen LogP contribution in [0.25, 0.3) is 11.3 Å². The Morgan fingerprint density at radius 1 is 1.25 bits per heavy atom. The summed E-state index contributed by atoms with van der Waals surface area (Å²) < 4.78 is 10.8. The minimum Gasteiger partial charge on any atom is -0.441 e. The first-order valence-electron chi connectivity index (χ1n) is 6.92. The van der Waals surface area contributed by atoms with Crippen molar-refractivity contribution in [2.75, 3.05) is 26.8 Å². The lowest BCUT2D eigenvalue weighted by Gasteiger charge is -2.03. The van der Waals surface area contributed by atoms with Gasteiger partial charge in [0.15, 0.2) is 11.7 Å². The summed E-state index contributed by atoms with van der Waals surface area (Å²) in [4.78, 5) is 4.34. The summed E-state index contributed by atoms with van der Waals surface area (Å²) in [6.45, 7) is 6.58. The number of oxazole rings is 1. The van der Waals surface area contributed by atoms with Crippen LogP contribution in [0.2, 0.25) is 0 Å². The standard InChI is InChI=1S/C16H22N2O2/c1-12-4-5-13(2)14(10-12)15-11-18-16(20-15)6-7-17-8-9-19-3/h4-5,10-11,17H,6-9H2,1-3H3. The average molecular weight is 274 g/mol. The number of nitrogens with zero attached hydrogens (tertiary/aromatic N) is 1. The van der Waals surface area contributed by atoms with Crippen LogP contribution in [0.4, 0.5) is 0 Å². The fraction of sp³-hybridized carbons (Fsp3) is 0.438. The lowest BCUT2D eigenvalue weighted by Crippen LogP contribution is -2.21. The Labute approximate surface area is 120 Å². The van der Waals surface area contributed by atoms with Crippen molar-refractivity contribution in [3.8, 4) is 11.3 Å². The van der Waals surface area contributed by atoms with Crippen LogP contribution in [0.15, 0.2) is 28.8 Å². The van der Waals surface area contributed by atoms with Crippen molar-refractivity contribution in [3.05, 3.63) is 41.4 Å². The minimum atomic E-state index is 0.722. The molecule has 0 radical (unpaired) electrons. The molecule has 0 aliphatic heterocycles. The minimum absolute atomic E-state index is 0.722. The van der Waals surface area contributed by atoms with Crippen molar-refractivity contribution in [1.29, 1.82) is 0 Å². The zero-order valence-corrected chi connectivity index (χ0v) is 12.4. The topological polar surface area (TPSA) is 47.3 Å². The molecule has 0 aliphatic rings. The lowest BCUT2D eigenvalue weighted by atomic mass is 10.0. The van der Waals surface area contributed by atoms with Gasteiger partial charge >= 0.3 is 0 Å². The zero-order valence-electron chi connectivity index (χ0n) is 12.4. The Bertz CT molecular complexity index is 549. The highest BCUT2D eigenvalue weighted by Gasteiger charge is 2.08. The van der Waals surface area contributed by atoms with E-state index in [0.29, 0.717) is 0 Å². The van der Waals surface area contributed by atoms with Crippen LogP contribution in [-0.4, -0.2) is 31.8 Å². The SMILES string of the molecule is COCCNCCc1ncc(-c2cc(C)ccc2C)o1. The van der Waals surface area contributed by atoms with Gasteiger partial charge in [0.05, 0.1) is 12.8 Å². The van der Waals surface area contributed by atoms with Gasteiger partial charge in [-0.2, -0.15) is 0 Å². The predicted molar refractivity (Wildman–Crippen MR) is 79.9 cm³/mol. The molecule has 4 heteroatoms. The highest BCUT2D eigenvalue weighted by molar-refractivity contribution is 5.62. The van der Waals surface area contributed by atoms with E-state index in [2.05, 4.69) is 42.3 Å². The molecule has 1 N–H and O–H groups in total. The van der Waals surface area contributed by atoms with Gasteiger partial charge in [-0.15, -0.1) is 0 Å². The largest absolute Gasteiger partial charge is 0.441 e. The maximum atomic E-state index is 5.83. The molecule has 1 aromatic carbocycles. The molecule has 2 rings (SSSR count). The molecular formula is C16H22N2O2. The van der Waals surface area contributed by atoms with Gasteiger partial charge in [0.1, 0.15) is 0 Å². The molecule has 4 nitrogen and oxygen atoms in total. The van der Waals surface area contributed by atoms with Gasteiger partial charge in [-0.3, -0.25) is 0 Å². The summed E-state index contributed by atoms with van der Waals surface area (Å²) in [5.41, 5.74) is 3.55. The molecule has 0 spiro atoms. The Kier molecular flexibility index (Phi) is 5.32. The van der Waals surface area contributed by atoms with Crippen LogP contribution in [0.5, 0.6) is 0 Å². The average Bonchev–Trinajstić information content (AvgIpc) is 2.90. The number of benzene rings is 1. The summed E-state index contributed by atoms with van der Waals surface area (Å²) in [7, 11) is 1.70. The lowest BCUT2D eigenvalue weighted by molar-refractivity contribution is 0.199. The third-order valence-electron chi connectivity index (χ3n) is 3.21. The van der Waals surface area contributed by atoms with Crippen LogP contribution >= 0.6 is 0 Å². The molecule has 20 heavy (non-hydrogen) atoms. The van der Waals surface area contributed by atoms with Crippen LogP contribution in [-0.2, 0) is 11.2 Å². The van der Waals surface area contributed by atoms with E-state index in [-0.39, 0.29) is 0 Å². The number of aromatic nitrogens is 1.